The van der Waals surface area contributed by atoms with Crippen LogP contribution in [-0.2, 0) is 4.79 Å². The zero-order chi connectivity index (χ0) is 12.4. The number of carbonyl (C=O) groups is 2. The van der Waals surface area contributed by atoms with E-state index in [9.17, 15) is 9.59 Å². The number of nitrogens with one attached hydrogen (secondary N) is 1. The molecular weight excluding hydrogens is 214 g/mol. The number of benzene rings is 1. The molecule has 0 aliphatic heterocycles. The fourth-order valence-electron chi connectivity index (χ4n) is 2.02. The number of aryl methyl sites for hydroxylation is 1. The first-order chi connectivity index (χ1) is 8.08. The smallest absolute Gasteiger partial charge is 0.224 e. The lowest BCUT2D eigenvalue weighted by atomic mass is 10.0. The molecule has 1 aromatic rings. The summed E-state index contributed by atoms with van der Waals surface area (Å²) >= 11 is 0. The maximum absolute atomic E-state index is 11.7. The molecule has 1 aliphatic carbocycles. The zero-order valence-corrected chi connectivity index (χ0v) is 10.2. The molecule has 1 saturated carbocycles. The van der Waals surface area contributed by atoms with Crippen molar-refractivity contribution in [1.82, 2.24) is 0 Å². The van der Waals surface area contributed by atoms with Crippen LogP contribution >= 0.6 is 0 Å². The number of anilines is 1. The first kappa shape index (κ1) is 11.8. The first-order valence-corrected chi connectivity index (χ1v) is 5.98. The van der Waals surface area contributed by atoms with Crippen molar-refractivity contribution in [3.05, 3.63) is 29.3 Å². The fourth-order valence-corrected chi connectivity index (χ4v) is 2.02. The van der Waals surface area contributed by atoms with Crippen LogP contribution in [0.1, 0.15) is 42.1 Å². The second-order valence-electron chi connectivity index (χ2n) is 4.75. The molecule has 90 valence electrons. The minimum Gasteiger partial charge on any atom is -0.325 e. The van der Waals surface area contributed by atoms with Crippen molar-refractivity contribution < 1.29 is 9.59 Å². The molecule has 17 heavy (non-hydrogen) atoms. The lowest BCUT2D eigenvalue weighted by Gasteiger charge is -2.11. The summed E-state index contributed by atoms with van der Waals surface area (Å²) in [6, 6.07) is 5.52. The van der Waals surface area contributed by atoms with Crippen molar-refractivity contribution in [3.63, 3.8) is 0 Å². The maximum Gasteiger partial charge on any atom is 0.224 e. The van der Waals surface area contributed by atoms with Gasteiger partial charge in [0.25, 0.3) is 0 Å². The molecule has 0 atom stereocenters. The number of hydrogen-bond acceptors (Lipinski definition) is 2. The van der Waals surface area contributed by atoms with Gasteiger partial charge in [-0.05, 0) is 44.2 Å². The van der Waals surface area contributed by atoms with Crippen LogP contribution in [0.3, 0.4) is 0 Å². The maximum atomic E-state index is 11.7. The molecule has 0 heterocycles. The number of rotatable bonds is 4. The third-order valence-corrected chi connectivity index (χ3v) is 3.07. The standard InChI is InChI=1S/C14H17NO2/c1-9-4-3-5-12(14(9)10(2)16)15-13(17)8-11-6-7-11/h3-5,11H,6-8H2,1-2H3,(H,15,17). The van der Waals surface area contributed by atoms with Gasteiger partial charge in [-0.3, -0.25) is 9.59 Å². The van der Waals surface area contributed by atoms with Gasteiger partial charge in [-0.2, -0.15) is 0 Å². The number of amides is 1. The normalized spacial score (nSPS) is 14.5. The number of carbonyl (C=O) groups excluding carboxylic acids is 2. The first-order valence-electron chi connectivity index (χ1n) is 5.98. The van der Waals surface area contributed by atoms with Crippen molar-refractivity contribution in [2.75, 3.05) is 5.32 Å². The van der Waals surface area contributed by atoms with Crippen LogP contribution in [0.2, 0.25) is 0 Å². The highest BCUT2D eigenvalue weighted by Gasteiger charge is 2.24. The molecule has 1 amide bonds. The van der Waals surface area contributed by atoms with E-state index >= 15 is 0 Å². The molecule has 3 nitrogen and oxygen atoms in total. The van der Waals surface area contributed by atoms with Crippen LogP contribution in [0.4, 0.5) is 5.69 Å². The van der Waals surface area contributed by atoms with Gasteiger partial charge in [-0.1, -0.05) is 12.1 Å². The number of Topliss-reactive ketones (excluding diaryl/α,β-unsaturated/α-hetero) is 1. The van der Waals surface area contributed by atoms with E-state index in [0.29, 0.717) is 23.6 Å². The predicted octanol–water partition coefficient (Wildman–Crippen LogP) is 2.94. The van der Waals surface area contributed by atoms with Gasteiger partial charge in [0.15, 0.2) is 5.78 Å². The summed E-state index contributed by atoms with van der Waals surface area (Å²) in [5.74, 6) is 0.561. The summed E-state index contributed by atoms with van der Waals surface area (Å²) in [6.07, 6.45) is 2.88. The average Bonchev–Trinajstić information content (AvgIpc) is 3.00. The second kappa shape index (κ2) is 4.70. The highest BCUT2D eigenvalue weighted by Crippen LogP contribution is 2.32. The molecule has 1 aromatic carbocycles. The van der Waals surface area contributed by atoms with Crippen molar-refractivity contribution in [2.24, 2.45) is 5.92 Å². The molecule has 0 saturated heterocycles. The van der Waals surface area contributed by atoms with Gasteiger partial charge in [0.05, 0.1) is 5.69 Å². The monoisotopic (exact) mass is 231 g/mol. The lowest BCUT2D eigenvalue weighted by molar-refractivity contribution is -0.116. The molecule has 0 radical (unpaired) electrons. The highest BCUT2D eigenvalue weighted by atomic mass is 16.1. The van der Waals surface area contributed by atoms with Crippen LogP contribution in [0, 0.1) is 12.8 Å². The molecule has 1 fully saturated rings. The van der Waals surface area contributed by atoms with Crippen LogP contribution in [-0.4, -0.2) is 11.7 Å². The molecule has 1 aliphatic rings. The van der Waals surface area contributed by atoms with E-state index in [-0.39, 0.29) is 11.7 Å². The zero-order valence-electron chi connectivity index (χ0n) is 10.2. The Morgan fingerprint density at radius 3 is 2.65 bits per heavy atom. The summed E-state index contributed by atoms with van der Waals surface area (Å²) < 4.78 is 0. The van der Waals surface area contributed by atoms with E-state index in [1.807, 2.05) is 19.1 Å². The number of hydrogen-bond donors (Lipinski definition) is 1. The second-order valence-corrected chi connectivity index (χ2v) is 4.75. The Labute approximate surface area is 101 Å². The van der Waals surface area contributed by atoms with Gasteiger partial charge in [-0.15, -0.1) is 0 Å². The minimum absolute atomic E-state index is 0.00942. The van der Waals surface area contributed by atoms with E-state index in [0.717, 1.165) is 18.4 Å². The van der Waals surface area contributed by atoms with Crippen molar-refractivity contribution >= 4 is 17.4 Å². The third-order valence-electron chi connectivity index (χ3n) is 3.07. The molecule has 1 N–H and O–H groups in total. The topological polar surface area (TPSA) is 46.2 Å². The van der Waals surface area contributed by atoms with Crippen molar-refractivity contribution in [1.29, 1.82) is 0 Å². The van der Waals surface area contributed by atoms with Gasteiger partial charge < -0.3 is 5.32 Å². The van der Waals surface area contributed by atoms with Gasteiger partial charge in [0.1, 0.15) is 0 Å². The molecule has 0 spiro atoms. The Hall–Kier alpha value is -1.64. The average molecular weight is 231 g/mol. The van der Waals surface area contributed by atoms with Gasteiger partial charge in [-0.25, -0.2) is 0 Å². The van der Waals surface area contributed by atoms with E-state index in [1.54, 1.807) is 6.07 Å². The third kappa shape index (κ3) is 2.93. The SMILES string of the molecule is CC(=O)c1c(C)cccc1NC(=O)CC1CC1. The van der Waals surface area contributed by atoms with Crippen LogP contribution in [0.25, 0.3) is 0 Å². The highest BCUT2D eigenvalue weighted by molar-refractivity contribution is 6.04. The summed E-state index contributed by atoms with van der Waals surface area (Å²) in [6.45, 7) is 3.41. The lowest BCUT2D eigenvalue weighted by Crippen LogP contribution is -2.15. The quantitative estimate of drug-likeness (QED) is 0.810. The molecule has 0 bridgehead atoms. The molecule has 0 unspecified atom stereocenters. The van der Waals surface area contributed by atoms with Crippen molar-refractivity contribution in [2.45, 2.75) is 33.1 Å². The van der Waals surface area contributed by atoms with Gasteiger partial charge in [0.2, 0.25) is 5.91 Å². The van der Waals surface area contributed by atoms with Crippen LogP contribution < -0.4 is 5.32 Å². The Bertz CT molecular complexity index is 461. The summed E-state index contributed by atoms with van der Waals surface area (Å²) in [5.41, 5.74) is 2.17. The molecular formula is C14H17NO2. The van der Waals surface area contributed by atoms with E-state index < -0.39 is 0 Å². The van der Waals surface area contributed by atoms with Crippen LogP contribution in [0.5, 0.6) is 0 Å². The van der Waals surface area contributed by atoms with Crippen molar-refractivity contribution in [3.8, 4) is 0 Å². The van der Waals surface area contributed by atoms with Crippen LogP contribution in [0.15, 0.2) is 18.2 Å². The van der Waals surface area contributed by atoms with E-state index in [1.165, 1.54) is 6.92 Å². The Morgan fingerprint density at radius 1 is 1.35 bits per heavy atom. The summed E-state index contributed by atoms with van der Waals surface area (Å²) in [4.78, 5) is 23.3. The van der Waals surface area contributed by atoms with E-state index in [4.69, 9.17) is 0 Å². The fraction of sp³-hybridized carbons (Fsp3) is 0.429. The summed E-state index contributed by atoms with van der Waals surface area (Å²) in [7, 11) is 0. The predicted molar refractivity (Wildman–Crippen MR) is 67.2 cm³/mol. The molecule has 3 heteroatoms. The molecule has 2 rings (SSSR count). The number of ketones is 1. The summed E-state index contributed by atoms with van der Waals surface area (Å²) in [5, 5.41) is 2.84. The Morgan fingerprint density at radius 2 is 2.06 bits per heavy atom. The van der Waals surface area contributed by atoms with E-state index in [2.05, 4.69) is 5.32 Å². The van der Waals surface area contributed by atoms with Gasteiger partial charge in [0, 0.05) is 12.0 Å². The largest absolute Gasteiger partial charge is 0.325 e. The Kier molecular flexibility index (Phi) is 3.27. The van der Waals surface area contributed by atoms with Gasteiger partial charge >= 0.3 is 0 Å². The molecule has 0 aromatic heterocycles. The Balaban J connectivity index is 2.16. The minimum atomic E-state index is -0.00942.